The first-order valence-corrected chi connectivity index (χ1v) is 6.13. The maximum Gasteiger partial charge on any atom is 0.333 e. The molecule has 0 saturated carbocycles. The zero-order valence-corrected chi connectivity index (χ0v) is 10.8. The van der Waals surface area contributed by atoms with Crippen LogP contribution in [0.3, 0.4) is 0 Å². The SMILES string of the molecule is [N-]=[N+]=NCCCC(=O)CCC(=O)ON1C(=O)CCC1=O. The van der Waals surface area contributed by atoms with Crippen LogP contribution in [-0.2, 0) is 24.0 Å². The summed E-state index contributed by atoms with van der Waals surface area (Å²) in [4.78, 5) is 52.3. The van der Waals surface area contributed by atoms with Gasteiger partial charge in [0.2, 0.25) is 0 Å². The van der Waals surface area contributed by atoms with Gasteiger partial charge < -0.3 is 4.84 Å². The van der Waals surface area contributed by atoms with Gasteiger partial charge in [0, 0.05) is 37.1 Å². The molecule has 108 valence electrons. The van der Waals surface area contributed by atoms with Crippen LogP contribution in [0.4, 0.5) is 0 Å². The highest BCUT2D eigenvalue weighted by Gasteiger charge is 2.32. The summed E-state index contributed by atoms with van der Waals surface area (Å²) in [5, 5.41) is 3.73. The maximum atomic E-state index is 11.4. The summed E-state index contributed by atoms with van der Waals surface area (Å²) in [6.45, 7) is 0.226. The van der Waals surface area contributed by atoms with Crippen LogP contribution in [0.25, 0.3) is 10.4 Å². The molecule has 0 unspecified atom stereocenters. The number of ketones is 1. The molecule has 0 atom stereocenters. The Kier molecular flexibility index (Phi) is 6.18. The molecule has 0 bridgehead atoms. The molecule has 0 radical (unpaired) electrons. The van der Waals surface area contributed by atoms with E-state index >= 15 is 0 Å². The van der Waals surface area contributed by atoms with Crippen molar-refractivity contribution in [2.75, 3.05) is 6.54 Å². The van der Waals surface area contributed by atoms with Crippen molar-refractivity contribution in [3.63, 3.8) is 0 Å². The highest BCUT2D eigenvalue weighted by atomic mass is 16.7. The molecule has 1 aliphatic heterocycles. The third-order valence-electron chi connectivity index (χ3n) is 2.58. The van der Waals surface area contributed by atoms with Crippen molar-refractivity contribution in [3.05, 3.63) is 10.4 Å². The smallest absolute Gasteiger partial charge is 0.330 e. The van der Waals surface area contributed by atoms with E-state index in [1.165, 1.54) is 0 Å². The molecule has 0 aromatic carbocycles. The molecule has 0 aromatic rings. The second kappa shape index (κ2) is 7.90. The minimum Gasteiger partial charge on any atom is -0.330 e. The van der Waals surface area contributed by atoms with Crippen LogP contribution >= 0.6 is 0 Å². The Labute approximate surface area is 114 Å². The molecule has 1 aliphatic rings. The Morgan fingerprint density at radius 2 is 1.85 bits per heavy atom. The molecule has 2 amide bonds. The average molecular weight is 282 g/mol. The van der Waals surface area contributed by atoms with Gasteiger partial charge in [-0.05, 0) is 12.0 Å². The number of Topliss-reactive ketones (excluding diaryl/α,β-unsaturated/α-hetero) is 1. The first kappa shape index (κ1) is 15.6. The number of rotatable bonds is 8. The van der Waals surface area contributed by atoms with Crippen molar-refractivity contribution in [1.82, 2.24) is 5.06 Å². The molecule has 0 N–H and O–H groups in total. The van der Waals surface area contributed by atoms with Crippen LogP contribution in [0, 0.1) is 0 Å². The van der Waals surface area contributed by atoms with Gasteiger partial charge in [0.05, 0.1) is 6.42 Å². The molecule has 1 heterocycles. The quantitative estimate of drug-likeness (QED) is 0.216. The van der Waals surface area contributed by atoms with Gasteiger partial charge in [-0.15, -0.1) is 5.06 Å². The lowest BCUT2D eigenvalue weighted by Crippen LogP contribution is -2.32. The lowest BCUT2D eigenvalue weighted by molar-refractivity contribution is -0.197. The summed E-state index contributed by atoms with van der Waals surface area (Å²) in [5.74, 6) is -2.07. The molecule has 0 aromatic heterocycles. The highest BCUT2D eigenvalue weighted by molar-refractivity contribution is 6.01. The van der Waals surface area contributed by atoms with Gasteiger partial charge in [-0.1, -0.05) is 5.11 Å². The van der Waals surface area contributed by atoms with E-state index in [4.69, 9.17) is 5.53 Å². The van der Waals surface area contributed by atoms with Crippen LogP contribution in [0.15, 0.2) is 5.11 Å². The molecule has 0 aliphatic carbocycles. The van der Waals surface area contributed by atoms with Crippen LogP contribution < -0.4 is 0 Å². The van der Waals surface area contributed by atoms with E-state index in [-0.39, 0.29) is 44.4 Å². The van der Waals surface area contributed by atoms with Gasteiger partial charge in [0.1, 0.15) is 5.78 Å². The number of imide groups is 1. The Hall–Kier alpha value is -2.41. The van der Waals surface area contributed by atoms with Crippen molar-refractivity contribution in [3.8, 4) is 0 Å². The number of carbonyl (C=O) groups excluding carboxylic acids is 4. The summed E-state index contributed by atoms with van der Waals surface area (Å²) in [6.07, 6.45) is 0.451. The van der Waals surface area contributed by atoms with Crippen molar-refractivity contribution in [2.24, 2.45) is 5.11 Å². The van der Waals surface area contributed by atoms with E-state index in [1.807, 2.05) is 0 Å². The van der Waals surface area contributed by atoms with Crippen LogP contribution in [0.1, 0.15) is 38.5 Å². The van der Waals surface area contributed by atoms with Gasteiger partial charge in [-0.25, -0.2) is 4.79 Å². The molecule has 1 fully saturated rings. The molecular formula is C11H14N4O5. The van der Waals surface area contributed by atoms with Crippen LogP contribution in [0.5, 0.6) is 0 Å². The van der Waals surface area contributed by atoms with Crippen molar-refractivity contribution in [2.45, 2.75) is 38.5 Å². The van der Waals surface area contributed by atoms with Crippen molar-refractivity contribution >= 4 is 23.6 Å². The molecule has 9 nitrogen and oxygen atoms in total. The molecule has 1 saturated heterocycles. The van der Waals surface area contributed by atoms with E-state index in [9.17, 15) is 19.2 Å². The Balaban J connectivity index is 2.22. The Bertz CT molecular complexity index is 453. The Morgan fingerprint density at radius 1 is 1.20 bits per heavy atom. The summed E-state index contributed by atoms with van der Waals surface area (Å²) in [6, 6.07) is 0. The largest absolute Gasteiger partial charge is 0.333 e. The van der Waals surface area contributed by atoms with E-state index < -0.39 is 17.8 Å². The second-order valence-corrected chi connectivity index (χ2v) is 4.14. The lowest BCUT2D eigenvalue weighted by atomic mass is 10.1. The van der Waals surface area contributed by atoms with E-state index in [1.54, 1.807) is 0 Å². The van der Waals surface area contributed by atoms with Gasteiger partial charge in [0.15, 0.2) is 0 Å². The fraction of sp³-hybridized carbons (Fsp3) is 0.636. The summed E-state index contributed by atoms with van der Waals surface area (Å²) >= 11 is 0. The fourth-order valence-electron chi connectivity index (χ4n) is 1.56. The summed E-state index contributed by atoms with van der Waals surface area (Å²) < 4.78 is 0. The minimum absolute atomic E-state index is 0.0322. The lowest BCUT2D eigenvalue weighted by Gasteiger charge is -2.12. The first-order chi connectivity index (χ1) is 9.54. The molecule has 0 spiro atoms. The van der Waals surface area contributed by atoms with Crippen LogP contribution in [0.2, 0.25) is 0 Å². The highest BCUT2D eigenvalue weighted by Crippen LogP contribution is 2.13. The van der Waals surface area contributed by atoms with Gasteiger partial charge in [0.25, 0.3) is 11.8 Å². The number of hydrogen-bond acceptors (Lipinski definition) is 6. The predicted octanol–water partition coefficient (Wildman–Crippen LogP) is 1.03. The van der Waals surface area contributed by atoms with Crippen molar-refractivity contribution in [1.29, 1.82) is 0 Å². The number of amides is 2. The third-order valence-corrected chi connectivity index (χ3v) is 2.58. The van der Waals surface area contributed by atoms with E-state index in [2.05, 4.69) is 14.9 Å². The molecule has 20 heavy (non-hydrogen) atoms. The summed E-state index contributed by atoms with van der Waals surface area (Å²) in [7, 11) is 0. The monoisotopic (exact) mass is 282 g/mol. The number of azide groups is 1. The Morgan fingerprint density at radius 3 is 2.45 bits per heavy atom. The minimum atomic E-state index is -0.794. The zero-order chi connectivity index (χ0) is 15.0. The third kappa shape index (κ3) is 5.07. The predicted molar refractivity (Wildman–Crippen MR) is 64.7 cm³/mol. The number of carbonyl (C=O) groups is 4. The molecule has 1 rings (SSSR count). The van der Waals surface area contributed by atoms with E-state index in [0.29, 0.717) is 11.5 Å². The number of nitrogens with zero attached hydrogens (tertiary/aromatic N) is 4. The topological polar surface area (TPSA) is 130 Å². The van der Waals surface area contributed by atoms with Gasteiger partial charge >= 0.3 is 5.97 Å². The summed E-state index contributed by atoms with van der Waals surface area (Å²) in [5.41, 5.74) is 8.04. The standard InChI is InChI=1S/C11H14N4O5/c12-14-13-7-1-2-8(16)3-6-11(19)20-15-9(17)4-5-10(15)18/h1-7H2. The number of hydroxylamine groups is 2. The van der Waals surface area contributed by atoms with Gasteiger partial charge in [-0.3, -0.25) is 14.4 Å². The normalized spacial score (nSPS) is 14.1. The zero-order valence-electron chi connectivity index (χ0n) is 10.8. The van der Waals surface area contributed by atoms with E-state index in [0.717, 1.165) is 0 Å². The average Bonchev–Trinajstić information content (AvgIpc) is 2.73. The van der Waals surface area contributed by atoms with Gasteiger partial charge in [-0.2, -0.15) is 0 Å². The second-order valence-electron chi connectivity index (χ2n) is 4.14. The molecule has 9 heteroatoms. The maximum absolute atomic E-state index is 11.4. The first-order valence-electron chi connectivity index (χ1n) is 6.13. The van der Waals surface area contributed by atoms with Crippen molar-refractivity contribution < 1.29 is 24.0 Å². The molecular weight excluding hydrogens is 268 g/mol. The fourth-order valence-corrected chi connectivity index (χ4v) is 1.56. The number of hydrogen-bond donors (Lipinski definition) is 0. The van der Waals surface area contributed by atoms with Crippen LogP contribution in [-0.4, -0.2) is 35.2 Å².